The molecule has 0 aliphatic rings. The lowest BCUT2D eigenvalue weighted by Crippen LogP contribution is -1.39. The van der Waals surface area contributed by atoms with Crippen LogP contribution >= 0.6 is 33.3 Å². The van der Waals surface area contributed by atoms with E-state index in [0.717, 1.165) is 6.16 Å². The van der Waals surface area contributed by atoms with E-state index in [1.807, 2.05) is 6.92 Å². The van der Waals surface area contributed by atoms with Crippen molar-refractivity contribution >= 4 is 33.3 Å². The van der Waals surface area contributed by atoms with Gasteiger partial charge in [-0.15, -0.1) is 24.8 Å². The quantitative estimate of drug-likeness (QED) is 0.521. The Morgan fingerprint density at radius 1 is 1.50 bits per heavy atom. The molecule has 0 N–H and O–H groups in total. The summed E-state index contributed by atoms with van der Waals surface area (Å²) < 4.78 is 9.33. The molecule has 4 heteroatoms. The van der Waals surface area contributed by atoms with Crippen LogP contribution in [0.25, 0.3) is 0 Å². The normalized spacial score (nSPS) is 5.50. The van der Waals surface area contributed by atoms with Gasteiger partial charge in [0.15, 0.2) is 0 Å². The van der Waals surface area contributed by atoms with E-state index in [9.17, 15) is 4.57 Å². The second kappa shape index (κ2) is 17.3. The molecule has 0 amide bonds. The predicted octanol–water partition coefficient (Wildman–Crippen LogP) is 1.87. The van der Waals surface area contributed by atoms with Crippen LogP contribution in [0.2, 0.25) is 0 Å². The molecular formula is C2H8Cl2OP+. The average molecular weight is 150 g/mol. The highest BCUT2D eigenvalue weighted by molar-refractivity contribution is 7.23. The van der Waals surface area contributed by atoms with Gasteiger partial charge in [-0.1, -0.05) is 4.57 Å². The van der Waals surface area contributed by atoms with Crippen molar-refractivity contribution in [2.45, 2.75) is 6.92 Å². The third-order valence-corrected chi connectivity index (χ3v) is 0.433. The standard InChI is InChI=1S/C2H5OP.2ClH/c1-2-4-3;;/h2H2,1H3;2*1H/p+1. The summed E-state index contributed by atoms with van der Waals surface area (Å²) >= 11 is 0. The highest BCUT2D eigenvalue weighted by atomic mass is 35.5. The van der Waals surface area contributed by atoms with E-state index in [4.69, 9.17) is 0 Å². The van der Waals surface area contributed by atoms with Crippen molar-refractivity contribution in [3.05, 3.63) is 0 Å². The van der Waals surface area contributed by atoms with E-state index >= 15 is 0 Å². The topological polar surface area (TPSA) is 17.1 Å². The van der Waals surface area contributed by atoms with Crippen LogP contribution in [0.1, 0.15) is 6.92 Å². The van der Waals surface area contributed by atoms with Gasteiger partial charge >= 0.3 is 8.46 Å². The van der Waals surface area contributed by atoms with Crippen LogP contribution in [0.15, 0.2) is 0 Å². The van der Waals surface area contributed by atoms with Crippen molar-refractivity contribution in [1.82, 2.24) is 0 Å². The summed E-state index contributed by atoms with van der Waals surface area (Å²) in [5.74, 6) is 0. The number of rotatable bonds is 1. The van der Waals surface area contributed by atoms with Crippen LogP contribution in [0.4, 0.5) is 0 Å². The van der Waals surface area contributed by atoms with E-state index in [1.54, 1.807) is 0 Å². The van der Waals surface area contributed by atoms with Crippen molar-refractivity contribution in [3.63, 3.8) is 0 Å². The lowest BCUT2D eigenvalue weighted by molar-refractivity contribution is 0.599. The molecule has 1 unspecified atom stereocenters. The molecule has 0 heterocycles. The molecule has 0 rings (SSSR count). The average Bonchev–Trinajstić information content (AvgIpc) is 1.37. The first-order valence-corrected chi connectivity index (χ1v) is 2.38. The van der Waals surface area contributed by atoms with E-state index in [2.05, 4.69) is 0 Å². The molecule has 0 aromatic carbocycles. The highest BCUT2D eigenvalue weighted by Gasteiger charge is 1.67. The summed E-state index contributed by atoms with van der Waals surface area (Å²) in [7, 11) is -0.110. The van der Waals surface area contributed by atoms with Crippen molar-refractivity contribution < 1.29 is 4.57 Å². The fourth-order valence-electron chi connectivity index (χ4n) is 0. The number of hydrogen-bond donors (Lipinski definition) is 0. The molecule has 0 aliphatic carbocycles. The smallest absolute Gasteiger partial charge is 0.147 e. The third-order valence-electron chi connectivity index (χ3n) is 0.144. The first kappa shape index (κ1) is 15.9. The maximum atomic E-state index is 9.33. The van der Waals surface area contributed by atoms with Crippen LogP contribution < -0.4 is 0 Å². The minimum absolute atomic E-state index is 0. The molecule has 0 aromatic heterocycles. The summed E-state index contributed by atoms with van der Waals surface area (Å²) in [5, 5.41) is 0. The molecule has 0 aromatic rings. The van der Waals surface area contributed by atoms with Gasteiger partial charge in [0, 0.05) is 0 Å². The number of hydrogen-bond acceptors (Lipinski definition) is 1. The molecule has 0 aliphatic heterocycles. The molecule has 0 bridgehead atoms. The zero-order chi connectivity index (χ0) is 3.41. The maximum absolute atomic E-state index is 9.33. The predicted molar refractivity (Wildman–Crippen MR) is 34.0 cm³/mol. The Balaban J connectivity index is -0.0000000450. The van der Waals surface area contributed by atoms with Crippen LogP contribution in [0.5, 0.6) is 0 Å². The van der Waals surface area contributed by atoms with Gasteiger partial charge in [-0.2, -0.15) is 0 Å². The van der Waals surface area contributed by atoms with E-state index in [1.165, 1.54) is 0 Å². The molecule has 0 saturated carbocycles. The van der Waals surface area contributed by atoms with Gasteiger partial charge < -0.3 is 0 Å². The Morgan fingerprint density at radius 3 is 1.67 bits per heavy atom. The Hall–Kier alpha value is 0.680. The zero-order valence-electron chi connectivity index (χ0n) is 3.43. The highest BCUT2D eigenvalue weighted by Crippen LogP contribution is 1.82. The van der Waals surface area contributed by atoms with Gasteiger partial charge in [-0.25, -0.2) is 0 Å². The Labute approximate surface area is 51.5 Å². The van der Waals surface area contributed by atoms with Gasteiger partial charge in [0.1, 0.15) is 6.16 Å². The molecule has 0 spiro atoms. The Morgan fingerprint density at radius 2 is 1.67 bits per heavy atom. The summed E-state index contributed by atoms with van der Waals surface area (Å²) in [4.78, 5) is 0. The SMILES string of the molecule is CC[PH+]=O.Cl.Cl. The van der Waals surface area contributed by atoms with Gasteiger partial charge in [-0.05, 0) is 6.92 Å². The fraction of sp³-hybridized carbons (Fsp3) is 1.00. The van der Waals surface area contributed by atoms with Gasteiger partial charge in [0.2, 0.25) is 0 Å². The third kappa shape index (κ3) is 22.5. The molecule has 1 nitrogen and oxygen atoms in total. The lowest BCUT2D eigenvalue weighted by Gasteiger charge is -1.37. The summed E-state index contributed by atoms with van der Waals surface area (Å²) in [6.45, 7) is 1.88. The summed E-state index contributed by atoms with van der Waals surface area (Å²) in [5.41, 5.74) is 0. The van der Waals surface area contributed by atoms with Gasteiger partial charge in [-0.3, -0.25) is 0 Å². The fourth-order valence-corrected chi connectivity index (χ4v) is 0. The minimum atomic E-state index is -0.110. The van der Waals surface area contributed by atoms with Crippen LogP contribution in [0.3, 0.4) is 0 Å². The van der Waals surface area contributed by atoms with Gasteiger partial charge in [0.05, 0.1) is 0 Å². The van der Waals surface area contributed by atoms with Crippen LogP contribution in [0, 0.1) is 0 Å². The molecule has 0 saturated heterocycles. The molecule has 1 atom stereocenters. The molecular weight excluding hydrogens is 142 g/mol. The van der Waals surface area contributed by atoms with E-state index in [-0.39, 0.29) is 33.3 Å². The van der Waals surface area contributed by atoms with Gasteiger partial charge in [0.25, 0.3) is 0 Å². The molecule has 6 heavy (non-hydrogen) atoms. The van der Waals surface area contributed by atoms with Crippen molar-refractivity contribution in [1.29, 1.82) is 0 Å². The van der Waals surface area contributed by atoms with E-state index < -0.39 is 0 Å². The lowest BCUT2D eigenvalue weighted by atomic mass is 11.0. The van der Waals surface area contributed by atoms with Crippen molar-refractivity contribution in [3.8, 4) is 0 Å². The zero-order valence-corrected chi connectivity index (χ0v) is 6.06. The first-order valence-electron chi connectivity index (χ1n) is 1.26. The summed E-state index contributed by atoms with van der Waals surface area (Å²) in [6, 6.07) is 0. The second-order valence-corrected chi connectivity index (χ2v) is 1.49. The maximum Gasteiger partial charge on any atom is 0.324 e. The summed E-state index contributed by atoms with van der Waals surface area (Å²) in [6.07, 6.45) is 0.792. The second-order valence-electron chi connectivity index (χ2n) is 0.498. The minimum Gasteiger partial charge on any atom is -0.147 e. The number of halogens is 2. The van der Waals surface area contributed by atoms with Crippen molar-refractivity contribution in [2.24, 2.45) is 0 Å². The van der Waals surface area contributed by atoms with Crippen LogP contribution in [-0.2, 0) is 4.57 Å². The Kier molecular flexibility index (Phi) is 45.9. The molecule has 40 valence electrons. The molecule has 0 fully saturated rings. The first-order chi connectivity index (χ1) is 1.91. The van der Waals surface area contributed by atoms with E-state index in [0.29, 0.717) is 0 Å². The Bertz CT molecular complexity index is 25.5. The molecule has 0 radical (unpaired) electrons. The largest absolute Gasteiger partial charge is 0.324 e. The van der Waals surface area contributed by atoms with Crippen LogP contribution in [-0.4, -0.2) is 6.16 Å². The van der Waals surface area contributed by atoms with Crippen molar-refractivity contribution in [2.75, 3.05) is 6.16 Å². The monoisotopic (exact) mass is 149 g/mol.